The fourth-order valence-corrected chi connectivity index (χ4v) is 3.39. The molecule has 2 heterocycles. The summed E-state index contributed by atoms with van der Waals surface area (Å²) in [5.74, 6) is -0.354. The van der Waals surface area contributed by atoms with Crippen molar-refractivity contribution in [3.63, 3.8) is 0 Å². The second-order valence-electron chi connectivity index (χ2n) is 5.00. The van der Waals surface area contributed by atoms with Crippen LogP contribution in [0.25, 0.3) is 21.6 Å². The van der Waals surface area contributed by atoms with E-state index in [2.05, 4.69) is 22.2 Å². The van der Waals surface area contributed by atoms with Crippen LogP contribution in [0.5, 0.6) is 0 Å². The Kier molecular flexibility index (Phi) is 4.88. The van der Waals surface area contributed by atoms with Crippen molar-refractivity contribution in [3.05, 3.63) is 53.7 Å². The molecular weight excluding hydrogens is 333 g/mol. The average Bonchev–Trinajstić information content (AvgIpc) is 3.02. The van der Waals surface area contributed by atoms with Gasteiger partial charge in [-0.3, -0.25) is 4.98 Å². The lowest BCUT2D eigenvalue weighted by Gasteiger charge is -2.09. The minimum Gasteiger partial charge on any atom is -0.362 e. The van der Waals surface area contributed by atoms with E-state index in [1.807, 2.05) is 12.3 Å². The maximum absolute atomic E-state index is 13.3. The van der Waals surface area contributed by atoms with Crippen LogP contribution >= 0.6 is 22.9 Å². The third-order valence-electron chi connectivity index (χ3n) is 3.34. The second kappa shape index (κ2) is 7.06. The summed E-state index contributed by atoms with van der Waals surface area (Å²) in [6, 6.07) is 6.31. The molecule has 0 saturated heterocycles. The van der Waals surface area contributed by atoms with Crippen LogP contribution in [-0.4, -0.2) is 16.5 Å². The van der Waals surface area contributed by atoms with E-state index < -0.39 is 0 Å². The SMILES string of the molecule is CCCNc1ncc(-c2ccncc2-c2ccc(F)cc2Cl)s1. The number of rotatable bonds is 5. The summed E-state index contributed by atoms with van der Waals surface area (Å²) in [5.41, 5.74) is 2.60. The number of anilines is 1. The Bertz CT molecular complexity index is 819. The van der Waals surface area contributed by atoms with E-state index in [4.69, 9.17) is 11.6 Å². The number of halogens is 2. The van der Waals surface area contributed by atoms with Crippen LogP contribution in [0.4, 0.5) is 9.52 Å². The number of pyridine rings is 1. The molecule has 3 rings (SSSR count). The average molecular weight is 348 g/mol. The van der Waals surface area contributed by atoms with Crippen molar-refractivity contribution in [3.8, 4) is 21.6 Å². The van der Waals surface area contributed by atoms with Crippen molar-refractivity contribution in [2.75, 3.05) is 11.9 Å². The summed E-state index contributed by atoms with van der Waals surface area (Å²) >= 11 is 7.78. The number of benzene rings is 1. The minimum absolute atomic E-state index is 0.354. The molecule has 23 heavy (non-hydrogen) atoms. The highest BCUT2D eigenvalue weighted by molar-refractivity contribution is 7.18. The zero-order chi connectivity index (χ0) is 16.2. The molecule has 3 nitrogen and oxygen atoms in total. The Morgan fingerprint density at radius 1 is 1.17 bits per heavy atom. The Balaban J connectivity index is 2.02. The van der Waals surface area contributed by atoms with E-state index in [0.717, 1.165) is 39.7 Å². The van der Waals surface area contributed by atoms with Gasteiger partial charge in [-0.25, -0.2) is 9.37 Å². The molecule has 0 radical (unpaired) electrons. The first-order valence-corrected chi connectivity index (χ1v) is 8.48. The number of nitrogens with zero attached hydrogens (tertiary/aromatic N) is 2. The molecule has 0 atom stereocenters. The van der Waals surface area contributed by atoms with Gasteiger partial charge in [-0.15, -0.1) is 0 Å². The molecule has 1 N–H and O–H groups in total. The van der Waals surface area contributed by atoms with E-state index in [9.17, 15) is 4.39 Å². The normalized spacial score (nSPS) is 10.7. The zero-order valence-electron chi connectivity index (χ0n) is 12.5. The molecule has 0 fully saturated rings. The van der Waals surface area contributed by atoms with Gasteiger partial charge in [0.25, 0.3) is 0 Å². The van der Waals surface area contributed by atoms with Gasteiger partial charge in [0.1, 0.15) is 5.82 Å². The molecule has 0 aliphatic carbocycles. The smallest absolute Gasteiger partial charge is 0.183 e. The molecule has 0 spiro atoms. The molecule has 1 aromatic carbocycles. The molecule has 3 aromatic rings. The fraction of sp³-hybridized carbons (Fsp3) is 0.176. The number of aromatic nitrogens is 2. The van der Waals surface area contributed by atoms with E-state index in [-0.39, 0.29) is 5.82 Å². The van der Waals surface area contributed by atoms with Gasteiger partial charge in [0.05, 0.1) is 9.90 Å². The largest absolute Gasteiger partial charge is 0.362 e. The van der Waals surface area contributed by atoms with Crippen molar-refractivity contribution in [2.24, 2.45) is 0 Å². The zero-order valence-corrected chi connectivity index (χ0v) is 14.1. The lowest BCUT2D eigenvalue weighted by atomic mass is 10.0. The highest BCUT2D eigenvalue weighted by atomic mass is 35.5. The fourth-order valence-electron chi connectivity index (χ4n) is 2.24. The minimum atomic E-state index is -0.354. The van der Waals surface area contributed by atoms with Crippen LogP contribution in [0.3, 0.4) is 0 Å². The van der Waals surface area contributed by atoms with Crippen molar-refractivity contribution >= 4 is 28.1 Å². The van der Waals surface area contributed by atoms with Gasteiger partial charge < -0.3 is 5.32 Å². The highest BCUT2D eigenvalue weighted by Crippen LogP contribution is 2.38. The number of hydrogen-bond acceptors (Lipinski definition) is 4. The van der Waals surface area contributed by atoms with Gasteiger partial charge in [0.2, 0.25) is 0 Å². The lowest BCUT2D eigenvalue weighted by Crippen LogP contribution is -1.97. The van der Waals surface area contributed by atoms with Gasteiger partial charge in [0.15, 0.2) is 5.13 Å². The third kappa shape index (κ3) is 3.51. The first kappa shape index (κ1) is 15.9. The molecule has 0 amide bonds. The summed E-state index contributed by atoms with van der Waals surface area (Å²) in [5, 5.41) is 4.53. The predicted molar refractivity (Wildman–Crippen MR) is 94.5 cm³/mol. The molecule has 0 aliphatic rings. The van der Waals surface area contributed by atoms with Crippen LogP contribution < -0.4 is 5.32 Å². The molecule has 118 valence electrons. The summed E-state index contributed by atoms with van der Waals surface area (Å²) in [6.07, 6.45) is 6.35. The topological polar surface area (TPSA) is 37.8 Å². The molecule has 6 heteroatoms. The maximum Gasteiger partial charge on any atom is 0.183 e. The Labute approximate surface area is 143 Å². The van der Waals surface area contributed by atoms with Crippen LogP contribution in [0, 0.1) is 5.82 Å². The molecule has 0 unspecified atom stereocenters. The van der Waals surface area contributed by atoms with Crippen molar-refractivity contribution in [1.82, 2.24) is 9.97 Å². The maximum atomic E-state index is 13.3. The molecule has 0 aliphatic heterocycles. The van der Waals surface area contributed by atoms with Crippen molar-refractivity contribution < 1.29 is 4.39 Å². The predicted octanol–water partition coefficient (Wildman–Crippen LogP) is 5.49. The molecular formula is C17H15ClFN3S. The first-order valence-electron chi connectivity index (χ1n) is 7.28. The first-order chi connectivity index (χ1) is 11.2. The summed E-state index contributed by atoms with van der Waals surface area (Å²) in [4.78, 5) is 9.59. The van der Waals surface area contributed by atoms with E-state index in [1.165, 1.54) is 12.1 Å². The van der Waals surface area contributed by atoms with Gasteiger partial charge >= 0.3 is 0 Å². The lowest BCUT2D eigenvalue weighted by molar-refractivity contribution is 0.628. The number of thiazole rings is 1. The van der Waals surface area contributed by atoms with Gasteiger partial charge in [-0.1, -0.05) is 29.9 Å². The van der Waals surface area contributed by atoms with Gasteiger partial charge in [-0.2, -0.15) is 0 Å². The number of nitrogens with one attached hydrogen (secondary N) is 1. The van der Waals surface area contributed by atoms with E-state index in [1.54, 1.807) is 29.8 Å². The van der Waals surface area contributed by atoms with Crippen molar-refractivity contribution in [1.29, 1.82) is 0 Å². The summed E-state index contributed by atoms with van der Waals surface area (Å²) < 4.78 is 13.3. The van der Waals surface area contributed by atoms with Crippen molar-refractivity contribution in [2.45, 2.75) is 13.3 Å². The highest BCUT2D eigenvalue weighted by Gasteiger charge is 2.13. The van der Waals surface area contributed by atoms with Gasteiger partial charge in [-0.05, 0) is 30.7 Å². The molecule has 0 bridgehead atoms. The van der Waals surface area contributed by atoms with Crippen LogP contribution in [0.2, 0.25) is 5.02 Å². The monoisotopic (exact) mass is 347 g/mol. The number of hydrogen-bond donors (Lipinski definition) is 1. The Morgan fingerprint density at radius 2 is 2.04 bits per heavy atom. The van der Waals surface area contributed by atoms with E-state index >= 15 is 0 Å². The van der Waals surface area contributed by atoms with Gasteiger partial charge in [0, 0.05) is 41.8 Å². The van der Waals surface area contributed by atoms with Crippen LogP contribution in [-0.2, 0) is 0 Å². The van der Waals surface area contributed by atoms with Crippen LogP contribution in [0.15, 0.2) is 42.9 Å². The third-order valence-corrected chi connectivity index (χ3v) is 4.64. The summed E-state index contributed by atoms with van der Waals surface area (Å²) in [7, 11) is 0. The van der Waals surface area contributed by atoms with E-state index in [0.29, 0.717) is 5.02 Å². The standard InChI is InChI=1S/C17H15ClFN3S/c1-2-6-21-17-22-10-16(23-17)13-5-7-20-9-14(13)12-4-3-11(19)8-15(12)18/h3-5,7-10H,2,6H2,1H3,(H,21,22). The molecule has 0 saturated carbocycles. The van der Waals surface area contributed by atoms with Crippen LogP contribution in [0.1, 0.15) is 13.3 Å². The Morgan fingerprint density at radius 3 is 2.83 bits per heavy atom. The Hall–Kier alpha value is -1.98. The second-order valence-corrected chi connectivity index (χ2v) is 6.44. The summed E-state index contributed by atoms with van der Waals surface area (Å²) in [6.45, 7) is 3.00. The molecule has 2 aromatic heterocycles. The quantitative estimate of drug-likeness (QED) is 0.663.